The van der Waals surface area contributed by atoms with Crippen molar-refractivity contribution in [2.75, 3.05) is 6.61 Å². The second kappa shape index (κ2) is 6.49. The molecule has 20 heavy (non-hydrogen) atoms. The average Bonchev–Trinajstić information content (AvgIpc) is 2.38. The minimum absolute atomic E-state index is 0.317. The van der Waals surface area contributed by atoms with Crippen LogP contribution in [0, 0.1) is 5.82 Å². The van der Waals surface area contributed by atoms with Gasteiger partial charge in [-0.3, -0.25) is 0 Å². The van der Waals surface area contributed by atoms with Crippen LogP contribution in [0.1, 0.15) is 23.7 Å². The van der Waals surface area contributed by atoms with E-state index in [9.17, 15) is 17.6 Å². The number of sulfonamides is 1. The smallest absolute Gasteiger partial charge is 0.337 e. The maximum atomic E-state index is 13.5. The van der Waals surface area contributed by atoms with Crippen LogP contribution in [0.2, 0.25) is 5.02 Å². The van der Waals surface area contributed by atoms with Crippen LogP contribution in [0.4, 0.5) is 4.39 Å². The summed E-state index contributed by atoms with van der Waals surface area (Å²) in [5.41, 5.74) is -0.649. The fourth-order valence-corrected chi connectivity index (χ4v) is 2.95. The number of carbonyl (C=O) groups is 1. The number of rotatable bonds is 6. The Balaban J connectivity index is 3.29. The minimum Gasteiger partial charge on any atom is -0.478 e. The Morgan fingerprint density at radius 1 is 1.50 bits per heavy atom. The fourth-order valence-electron chi connectivity index (χ4n) is 1.41. The van der Waals surface area contributed by atoms with E-state index in [1.165, 1.54) is 0 Å². The number of aromatic carboxylic acids is 1. The number of carboxylic acid groups (broad SMARTS) is 1. The lowest BCUT2D eigenvalue weighted by Gasteiger charge is -2.15. The fraction of sp³-hybridized carbons (Fsp3) is 0.364. The second-order valence-corrected chi connectivity index (χ2v) is 6.07. The molecule has 0 radical (unpaired) electrons. The number of benzene rings is 1. The van der Waals surface area contributed by atoms with Crippen molar-refractivity contribution in [2.45, 2.75) is 24.3 Å². The first-order valence-corrected chi connectivity index (χ1v) is 7.44. The van der Waals surface area contributed by atoms with Gasteiger partial charge in [0.25, 0.3) is 0 Å². The lowest BCUT2D eigenvalue weighted by Crippen LogP contribution is -2.37. The van der Waals surface area contributed by atoms with Crippen molar-refractivity contribution in [1.29, 1.82) is 0 Å². The summed E-state index contributed by atoms with van der Waals surface area (Å²) in [4.78, 5) is 10.3. The minimum atomic E-state index is -4.15. The van der Waals surface area contributed by atoms with Crippen molar-refractivity contribution < 1.29 is 27.8 Å². The van der Waals surface area contributed by atoms with Crippen molar-refractivity contribution in [1.82, 2.24) is 4.72 Å². The Bertz CT molecular complexity index is 615. The van der Waals surface area contributed by atoms with E-state index in [-0.39, 0.29) is 0 Å². The van der Waals surface area contributed by atoms with Gasteiger partial charge in [0.2, 0.25) is 10.0 Å². The summed E-state index contributed by atoms with van der Waals surface area (Å²) in [6.45, 7) is 1.21. The second-order valence-electron chi connectivity index (χ2n) is 3.98. The van der Waals surface area contributed by atoms with Crippen LogP contribution in [0.3, 0.4) is 0 Å². The normalized spacial score (nSPS) is 13.2. The van der Waals surface area contributed by atoms with Crippen LogP contribution in [-0.2, 0) is 10.0 Å². The quantitative estimate of drug-likeness (QED) is 0.729. The Kier molecular flexibility index (Phi) is 5.46. The molecule has 0 spiro atoms. The molecular formula is C11H13ClFNO5S. The van der Waals surface area contributed by atoms with Crippen LogP contribution < -0.4 is 4.72 Å². The van der Waals surface area contributed by atoms with Crippen molar-refractivity contribution in [3.05, 3.63) is 28.5 Å². The van der Waals surface area contributed by atoms with E-state index < -0.39 is 49.9 Å². The first kappa shape index (κ1) is 16.8. The topological polar surface area (TPSA) is 104 Å². The van der Waals surface area contributed by atoms with Gasteiger partial charge in [-0.1, -0.05) is 18.5 Å². The van der Waals surface area contributed by atoms with Gasteiger partial charge in [0.1, 0.15) is 5.82 Å². The van der Waals surface area contributed by atoms with Crippen molar-refractivity contribution in [3.8, 4) is 0 Å². The molecule has 0 bridgehead atoms. The molecular weight excluding hydrogens is 313 g/mol. The number of hydrogen-bond donors (Lipinski definition) is 3. The van der Waals surface area contributed by atoms with Crippen molar-refractivity contribution >= 4 is 27.6 Å². The van der Waals surface area contributed by atoms with E-state index in [2.05, 4.69) is 4.72 Å². The number of nitrogens with one attached hydrogen (secondary N) is 1. The number of halogens is 2. The predicted octanol–water partition coefficient (Wildman–Crippen LogP) is 1.23. The molecule has 0 aromatic heterocycles. The summed E-state index contributed by atoms with van der Waals surface area (Å²) in [5.74, 6) is -2.69. The molecule has 0 fully saturated rings. The maximum absolute atomic E-state index is 13.5. The molecule has 1 aromatic carbocycles. The number of carboxylic acids is 1. The lowest BCUT2D eigenvalue weighted by atomic mass is 10.2. The Labute approximate surface area is 120 Å². The molecule has 0 aliphatic rings. The van der Waals surface area contributed by atoms with Crippen molar-refractivity contribution in [2.24, 2.45) is 0 Å². The Hall–Kier alpha value is -1.22. The molecule has 3 N–H and O–H groups in total. The molecule has 6 nitrogen and oxygen atoms in total. The van der Waals surface area contributed by atoms with Gasteiger partial charge in [-0.15, -0.1) is 0 Å². The third-order valence-electron chi connectivity index (χ3n) is 2.58. The molecule has 9 heteroatoms. The van der Waals surface area contributed by atoms with Gasteiger partial charge in [0.05, 0.1) is 22.1 Å². The maximum Gasteiger partial charge on any atom is 0.337 e. The zero-order valence-corrected chi connectivity index (χ0v) is 12.0. The number of aliphatic hydroxyl groups is 1. The van der Waals surface area contributed by atoms with Crippen LogP contribution in [0.25, 0.3) is 0 Å². The largest absolute Gasteiger partial charge is 0.478 e. The third kappa shape index (κ3) is 3.66. The molecule has 0 heterocycles. The van der Waals surface area contributed by atoms with Gasteiger partial charge in [-0.05, 0) is 18.6 Å². The van der Waals surface area contributed by atoms with Crippen molar-refractivity contribution in [3.63, 3.8) is 0 Å². The van der Waals surface area contributed by atoms with Crippen LogP contribution in [0.5, 0.6) is 0 Å². The molecule has 1 aromatic rings. The summed E-state index contributed by atoms with van der Waals surface area (Å²) < 4.78 is 39.6. The average molecular weight is 326 g/mol. The van der Waals surface area contributed by atoms with Gasteiger partial charge in [0.15, 0.2) is 0 Å². The van der Waals surface area contributed by atoms with E-state index in [4.69, 9.17) is 21.8 Å². The summed E-state index contributed by atoms with van der Waals surface area (Å²) in [7, 11) is -4.15. The molecule has 0 saturated heterocycles. The van der Waals surface area contributed by atoms with Crippen LogP contribution in [0.15, 0.2) is 17.0 Å². The molecule has 0 aliphatic heterocycles. The monoisotopic (exact) mass is 325 g/mol. The molecule has 0 unspecified atom stereocenters. The number of aliphatic hydroxyl groups excluding tert-OH is 1. The highest BCUT2D eigenvalue weighted by atomic mass is 35.5. The standard InChI is InChI=1S/C11H13ClFNO5S/c1-2-6(5-15)14-20(18,19)7-3-8(11(16)17)10(12)9(13)4-7/h3-4,6,14-15H,2,5H2,1H3,(H,16,17)/t6-/m1/s1. The Morgan fingerprint density at radius 2 is 2.10 bits per heavy atom. The first-order chi connectivity index (χ1) is 9.22. The van der Waals surface area contributed by atoms with Gasteiger partial charge in [0, 0.05) is 6.04 Å². The Morgan fingerprint density at radius 3 is 2.55 bits per heavy atom. The summed E-state index contributed by atoms with van der Waals surface area (Å²) in [5, 5.41) is 17.1. The van der Waals surface area contributed by atoms with Crippen LogP contribution in [-0.4, -0.2) is 37.2 Å². The van der Waals surface area contributed by atoms with Gasteiger partial charge in [-0.25, -0.2) is 22.3 Å². The molecule has 0 saturated carbocycles. The summed E-state index contributed by atoms with van der Waals surface area (Å²) >= 11 is 5.46. The number of hydrogen-bond acceptors (Lipinski definition) is 4. The highest BCUT2D eigenvalue weighted by Crippen LogP contribution is 2.24. The molecule has 1 rings (SSSR count). The SMILES string of the molecule is CC[C@H](CO)NS(=O)(=O)c1cc(F)c(Cl)c(C(=O)O)c1. The van der Waals surface area contributed by atoms with Crippen LogP contribution >= 0.6 is 11.6 Å². The highest BCUT2D eigenvalue weighted by molar-refractivity contribution is 7.89. The summed E-state index contributed by atoms with van der Waals surface area (Å²) in [6, 6.07) is 0.647. The zero-order valence-electron chi connectivity index (χ0n) is 10.4. The van der Waals surface area contributed by atoms with E-state index in [0.29, 0.717) is 12.5 Å². The van der Waals surface area contributed by atoms with E-state index in [1.54, 1.807) is 6.92 Å². The summed E-state index contributed by atoms with van der Waals surface area (Å²) in [6.07, 6.45) is 0.317. The molecule has 112 valence electrons. The van der Waals surface area contributed by atoms with E-state index in [1.807, 2.05) is 0 Å². The molecule has 0 aliphatic carbocycles. The van der Waals surface area contributed by atoms with Gasteiger partial charge in [-0.2, -0.15) is 0 Å². The molecule has 1 atom stereocenters. The predicted molar refractivity (Wildman–Crippen MR) is 69.9 cm³/mol. The zero-order chi connectivity index (χ0) is 15.5. The highest BCUT2D eigenvalue weighted by Gasteiger charge is 2.23. The van der Waals surface area contributed by atoms with E-state index >= 15 is 0 Å². The lowest BCUT2D eigenvalue weighted by molar-refractivity contribution is 0.0696. The first-order valence-electron chi connectivity index (χ1n) is 5.58. The van der Waals surface area contributed by atoms with E-state index in [0.717, 1.165) is 6.07 Å². The molecule has 0 amide bonds. The van der Waals surface area contributed by atoms with Gasteiger partial charge >= 0.3 is 5.97 Å². The third-order valence-corrected chi connectivity index (χ3v) is 4.46. The van der Waals surface area contributed by atoms with Gasteiger partial charge < -0.3 is 10.2 Å².